The Balaban J connectivity index is 1.13. The zero-order valence-corrected chi connectivity index (χ0v) is 28.2. The fourth-order valence-electron chi connectivity index (χ4n) is 5.72. The summed E-state index contributed by atoms with van der Waals surface area (Å²) in [6.45, 7) is 2.01. The number of benzene rings is 5. The molecule has 1 unspecified atom stereocenters. The number of nitrogens with zero attached hydrogens (tertiary/aromatic N) is 1. The highest BCUT2D eigenvalue weighted by Gasteiger charge is 2.32. The van der Waals surface area contributed by atoms with Crippen molar-refractivity contribution >= 4 is 75.3 Å². The minimum atomic E-state index is -0.473. The highest BCUT2D eigenvalue weighted by molar-refractivity contribution is 8.00. The standard InChI is InChI=1S/C40H32N4O3S2/c1-2-35(40(47)44-33-19-8-10-21-36(33)49-37-22-11-9-20-34(37)44)48-29-16-12-15-28(24-29)42-39(46)32(43-38(45)26-13-4-3-5-14-26)23-27-25-41-31-18-7-6-17-30(27)31/h3-25,35,41H,2H2,1H3,(H,42,46)(H,43,45)/b32-23+. The Hall–Kier alpha value is -5.51. The van der Waals surface area contributed by atoms with E-state index in [9.17, 15) is 14.4 Å². The van der Waals surface area contributed by atoms with Crippen LogP contribution in [0.5, 0.6) is 0 Å². The molecule has 0 saturated heterocycles. The molecule has 0 saturated carbocycles. The summed E-state index contributed by atoms with van der Waals surface area (Å²) in [6.07, 6.45) is 4.09. The van der Waals surface area contributed by atoms with Crippen molar-refractivity contribution in [3.63, 3.8) is 0 Å². The van der Waals surface area contributed by atoms with Crippen molar-refractivity contribution in [1.29, 1.82) is 0 Å². The van der Waals surface area contributed by atoms with Crippen molar-refractivity contribution in [2.75, 3.05) is 10.2 Å². The number of hydrogen-bond acceptors (Lipinski definition) is 5. The number of para-hydroxylation sites is 3. The molecule has 0 aliphatic carbocycles. The highest BCUT2D eigenvalue weighted by atomic mass is 32.2. The highest BCUT2D eigenvalue weighted by Crippen LogP contribution is 2.49. The predicted molar refractivity (Wildman–Crippen MR) is 199 cm³/mol. The molecule has 6 aromatic rings. The lowest BCUT2D eigenvalue weighted by Crippen LogP contribution is -2.35. The Morgan fingerprint density at radius 1 is 0.816 bits per heavy atom. The van der Waals surface area contributed by atoms with E-state index in [1.165, 1.54) is 11.8 Å². The van der Waals surface area contributed by atoms with Gasteiger partial charge in [-0.25, -0.2) is 0 Å². The average Bonchev–Trinajstić information content (AvgIpc) is 3.55. The number of nitrogens with one attached hydrogen (secondary N) is 3. The van der Waals surface area contributed by atoms with Crippen LogP contribution in [0.3, 0.4) is 0 Å². The van der Waals surface area contributed by atoms with E-state index in [0.29, 0.717) is 17.7 Å². The van der Waals surface area contributed by atoms with Gasteiger partial charge in [-0.15, -0.1) is 11.8 Å². The SMILES string of the molecule is CCC(Sc1cccc(NC(=O)/C(=C\c2c[nH]c3ccccc23)NC(=O)c2ccccc2)c1)C(=O)N1c2ccccc2Sc2ccccc21. The van der Waals surface area contributed by atoms with E-state index >= 15 is 0 Å². The zero-order chi connectivity index (χ0) is 33.7. The number of thioether (sulfide) groups is 1. The van der Waals surface area contributed by atoms with Gasteiger partial charge in [-0.05, 0) is 73.2 Å². The quantitative estimate of drug-likeness (QED) is 0.105. The fourth-order valence-corrected chi connectivity index (χ4v) is 7.83. The fraction of sp³-hybridized carbons (Fsp3) is 0.0750. The summed E-state index contributed by atoms with van der Waals surface area (Å²) in [5.74, 6) is -0.872. The number of amides is 3. The molecule has 7 rings (SSSR count). The maximum Gasteiger partial charge on any atom is 0.272 e. The molecule has 1 aromatic heterocycles. The number of aromatic nitrogens is 1. The number of aromatic amines is 1. The van der Waals surface area contributed by atoms with Gasteiger partial charge < -0.3 is 15.6 Å². The second kappa shape index (κ2) is 14.3. The van der Waals surface area contributed by atoms with Gasteiger partial charge in [-0.1, -0.05) is 85.4 Å². The summed E-state index contributed by atoms with van der Waals surface area (Å²) in [4.78, 5) is 49.2. The lowest BCUT2D eigenvalue weighted by atomic mass is 10.1. The van der Waals surface area contributed by atoms with Crippen molar-refractivity contribution < 1.29 is 14.4 Å². The summed E-state index contributed by atoms with van der Waals surface area (Å²) >= 11 is 3.13. The van der Waals surface area contributed by atoms with Gasteiger partial charge in [0, 0.05) is 48.6 Å². The Labute approximate surface area is 292 Å². The van der Waals surface area contributed by atoms with Crippen LogP contribution in [0.1, 0.15) is 29.3 Å². The molecule has 3 N–H and O–H groups in total. The van der Waals surface area contributed by atoms with Gasteiger partial charge in [0.25, 0.3) is 11.8 Å². The largest absolute Gasteiger partial charge is 0.361 e. The molecule has 1 aliphatic rings. The van der Waals surface area contributed by atoms with Crippen molar-refractivity contribution in [2.45, 2.75) is 33.3 Å². The third-order valence-electron chi connectivity index (χ3n) is 8.12. The molecule has 7 nitrogen and oxygen atoms in total. The van der Waals surface area contributed by atoms with Crippen LogP contribution in [0.4, 0.5) is 17.1 Å². The third kappa shape index (κ3) is 6.90. The maximum absolute atomic E-state index is 14.3. The molecular weight excluding hydrogens is 649 g/mol. The van der Waals surface area contributed by atoms with Crippen molar-refractivity contribution in [3.8, 4) is 0 Å². The third-order valence-corrected chi connectivity index (χ3v) is 10.6. The number of fused-ring (bicyclic) bond motifs is 3. The number of carbonyl (C=O) groups excluding carboxylic acids is 3. The van der Waals surface area contributed by atoms with Gasteiger partial charge in [-0.2, -0.15) is 0 Å². The van der Waals surface area contributed by atoms with Gasteiger partial charge >= 0.3 is 0 Å². The van der Waals surface area contributed by atoms with Crippen LogP contribution >= 0.6 is 23.5 Å². The molecule has 0 spiro atoms. The molecule has 2 heterocycles. The van der Waals surface area contributed by atoms with Crippen molar-refractivity contribution in [1.82, 2.24) is 10.3 Å². The van der Waals surface area contributed by atoms with E-state index in [4.69, 9.17) is 0 Å². The number of hydrogen-bond donors (Lipinski definition) is 3. The lowest BCUT2D eigenvalue weighted by Gasteiger charge is -2.33. The first kappa shape index (κ1) is 32.1. The van der Waals surface area contributed by atoms with Crippen LogP contribution in [-0.4, -0.2) is 28.0 Å². The summed E-state index contributed by atoms with van der Waals surface area (Å²) in [5, 5.41) is 6.33. The van der Waals surface area contributed by atoms with Crippen LogP contribution in [0.2, 0.25) is 0 Å². The zero-order valence-electron chi connectivity index (χ0n) is 26.6. The van der Waals surface area contributed by atoms with E-state index < -0.39 is 11.8 Å². The van der Waals surface area contributed by atoms with Gasteiger partial charge in [-0.3, -0.25) is 19.3 Å². The summed E-state index contributed by atoms with van der Waals surface area (Å²) < 4.78 is 0. The lowest BCUT2D eigenvalue weighted by molar-refractivity contribution is -0.117. The van der Waals surface area contributed by atoms with Crippen molar-refractivity contribution in [2.24, 2.45) is 0 Å². The molecule has 1 aliphatic heterocycles. The Kier molecular flexibility index (Phi) is 9.36. The minimum absolute atomic E-state index is 0.00490. The topological polar surface area (TPSA) is 94.3 Å². The van der Waals surface area contributed by atoms with Gasteiger partial charge in [0.2, 0.25) is 5.91 Å². The summed E-state index contributed by atoms with van der Waals surface area (Å²) in [7, 11) is 0. The maximum atomic E-state index is 14.3. The molecule has 0 bridgehead atoms. The minimum Gasteiger partial charge on any atom is -0.361 e. The predicted octanol–water partition coefficient (Wildman–Crippen LogP) is 9.28. The molecule has 1 atom stereocenters. The molecule has 9 heteroatoms. The van der Waals surface area contributed by atoms with Crippen LogP contribution in [0.15, 0.2) is 154 Å². The van der Waals surface area contributed by atoms with Crippen LogP contribution in [0.25, 0.3) is 17.0 Å². The van der Waals surface area contributed by atoms with E-state index in [-0.39, 0.29) is 16.9 Å². The number of rotatable bonds is 9. The number of carbonyl (C=O) groups is 3. The van der Waals surface area contributed by atoms with E-state index in [0.717, 1.165) is 42.5 Å². The molecule has 49 heavy (non-hydrogen) atoms. The first-order chi connectivity index (χ1) is 24.0. The van der Waals surface area contributed by atoms with Crippen LogP contribution < -0.4 is 15.5 Å². The average molecular weight is 681 g/mol. The summed E-state index contributed by atoms with van der Waals surface area (Å²) in [5.41, 5.74) is 4.52. The van der Waals surface area contributed by atoms with Gasteiger partial charge in [0.15, 0.2) is 0 Å². The van der Waals surface area contributed by atoms with Gasteiger partial charge in [0.05, 0.1) is 16.6 Å². The monoisotopic (exact) mass is 680 g/mol. The Morgan fingerprint density at radius 2 is 1.49 bits per heavy atom. The molecule has 5 aromatic carbocycles. The molecule has 242 valence electrons. The van der Waals surface area contributed by atoms with Crippen molar-refractivity contribution in [3.05, 3.63) is 150 Å². The van der Waals surface area contributed by atoms with Crippen LogP contribution in [-0.2, 0) is 9.59 Å². The molecular formula is C40H32N4O3S2. The molecule has 0 fully saturated rings. The van der Waals surface area contributed by atoms with E-state index in [2.05, 4.69) is 15.6 Å². The second-order valence-electron chi connectivity index (χ2n) is 11.4. The first-order valence-corrected chi connectivity index (χ1v) is 17.6. The normalized spacial score (nSPS) is 12.9. The van der Waals surface area contributed by atoms with Crippen LogP contribution in [0, 0.1) is 0 Å². The first-order valence-electron chi connectivity index (χ1n) is 15.9. The Morgan fingerprint density at radius 3 is 2.22 bits per heavy atom. The van der Waals surface area contributed by atoms with Gasteiger partial charge in [0.1, 0.15) is 5.70 Å². The molecule has 3 amide bonds. The number of anilines is 3. The molecule has 0 radical (unpaired) electrons. The van der Waals surface area contributed by atoms with E-state index in [1.54, 1.807) is 48.2 Å². The second-order valence-corrected chi connectivity index (χ2v) is 13.7. The van der Waals surface area contributed by atoms with E-state index in [1.807, 2.05) is 115 Å². The smallest absolute Gasteiger partial charge is 0.272 e. The number of H-pyrrole nitrogens is 1. The Bertz CT molecular complexity index is 2170. The summed E-state index contributed by atoms with van der Waals surface area (Å²) in [6, 6.07) is 39.9.